The van der Waals surface area contributed by atoms with E-state index in [9.17, 15) is 0 Å². The summed E-state index contributed by atoms with van der Waals surface area (Å²) in [6.45, 7) is 2.30. The van der Waals surface area contributed by atoms with E-state index in [4.69, 9.17) is 0 Å². The van der Waals surface area contributed by atoms with Crippen LogP contribution in [0, 0.1) is 0 Å². The van der Waals surface area contributed by atoms with Crippen molar-refractivity contribution in [2.45, 2.75) is 129 Å². The van der Waals surface area contributed by atoms with E-state index in [1.807, 2.05) is 0 Å². The fraction of sp³-hybridized carbons (Fsp3) is 0.526. The van der Waals surface area contributed by atoms with E-state index in [0.29, 0.717) is 0 Å². The Morgan fingerprint density at radius 2 is 0.683 bits per heavy atom. The van der Waals surface area contributed by atoms with Gasteiger partial charge in [0, 0.05) is 26.0 Å². The summed E-state index contributed by atoms with van der Waals surface area (Å²) in [7, 11) is 0. The van der Waals surface area contributed by atoms with Crippen molar-refractivity contribution in [3.63, 3.8) is 0 Å². The topological polar surface area (TPSA) is 3.24 Å². The van der Waals surface area contributed by atoms with Gasteiger partial charge in [0.15, 0.2) is 0 Å². The Kier molecular flexibility index (Phi) is 17.5. The Morgan fingerprint density at radius 1 is 0.390 bits per heavy atom. The molecule has 41 heavy (non-hydrogen) atoms. The molecule has 0 N–H and O–H groups in total. The van der Waals surface area contributed by atoms with E-state index in [1.54, 1.807) is 0 Å². The van der Waals surface area contributed by atoms with E-state index >= 15 is 0 Å². The van der Waals surface area contributed by atoms with Crippen LogP contribution < -0.4 is 4.90 Å². The van der Waals surface area contributed by atoms with Crippen LogP contribution in [-0.2, 0) is 6.42 Å². The van der Waals surface area contributed by atoms with Gasteiger partial charge in [0.05, 0.1) is 0 Å². The van der Waals surface area contributed by atoms with Crippen molar-refractivity contribution in [3.05, 3.63) is 87.3 Å². The van der Waals surface area contributed by atoms with Gasteiger partial charge >= 0.3 is 0 Å². The zero-order chi connectivity index (χ0) is 29.0. The molecule has 0 aliphatic carbocycles. The molecule has 0 saturated carbocycles. The number of anilines is 3. The van der Waals surface area contributed by atoms with Gasteiger partial charge in [-0.25, -0.2) is 0 Å². The molecule has 224 valence electrons. The molecule has 0 aromatic heterocycles. The summed E-state index contributed by atoms with van der Waals surface area (Å²) in [6, 6.07) is 26.3. The molecule has 3 rings (SSSR count). The first-order valence-electron chi connectivity index (χ1n) is 16.6. The lowest BCUT2D eigenvalue weighted by atomic mass is 10.0. The number of hydrogen-bond donors (Lipinski definition) is 0. The van der Waals surface area contributed by atoms with Gasteiger partial charge < -0.3 is 4.90 Å². The Bertz CT molecular complexity index is 998. The van der Waals surface area contributed by atoms with Crippen LogP contribution in [0.3, 0.4) is 0 Å². The van der Waals surface area contributed by atoms with Gasteiger partial charge in [-0.1, -0.05) is 160 Å². The van der Waals surface area contributed by atoms with Gasteiger partial charge in [-0.3, -0.25) is 0 Å². The Balaban J connectivity index is 1.26. The highest BCUT2D eigenvalue weighted by molar-refractivity contribution is 9.10. The van der Waals surface area contributed by atoms with Crippen molar-refractivity contribution < 1.29 is 0 Å². The fourth-order valence-electron chi connectivity index (χ4n) is 5.67. The summed E-state index contributed by atoms with van der Waals surface area (Å²) in [5, 5.41) is 0. The molecular weight excluding hydrogens is 630 g/mol. The lowest BCUT2D eigenvalue weighted by molar-refractivity contribution is 0.525. The summed E-state index contributed by atoms with van der Waals surface area (Å²) in [5.41, 5.74) is 4.95. The molecule has 0 aliphatic rings. The highest BCUT2D eigenvalue weighted by Gasteiger charge is 2.12. The third-order valence-corrected chi connectivity index (χ3v) is 9.24. The summed E-state index contributed by atoms with van der Waals surface area (Å²) in [6.07, 6.45) is 26.8. The highest BCUT2D eigenvalue weighted by atomic mass is 79.9. The normalized spacial score (nSPS) is 11.2. The van der Waals surface area contributed by atoms with Crippen LogP contribution in [0.1, 0.15) is 128 Å². The lowest BCUT2D eigenvalue weighted by Gasteiger charge is -2.25. The van der Waals surface area contributed by atoms with E-state index < -0.39 is 0 Å². The molecular formula is C38H53Br2N. The SMILES string of the molecule is CCCCCCCCCCCCCCCCCCCCc1ccc(N(c2ccc(Br)cc2)c2ccc(Br)cc2)cc1. The first-order valence-corrected chi connectivity index (χ1v) is 18.2. The molecule has 0 aliphatic heterocycles. The molecule has 0 radical (unpaired) electrons. The zero-order valence-electron chi connectivity index (χ0n) is 25.6. The van der Waals surface area contributed by atoms with Crippen LogP contribution in [0.25, 0.3) is 0 Å². The fourth-order valence-corrected chi connectivity index (χ4v) is 6.20. The number of hydrogen-bond acceptors (Lipinski definition) is 1. The van der Waals surface area contributed by atoms with Crippen molar-refractivity contribution in [2.75, 3.05) is 4.90 Å². The molecule has 0 heterocycles. The predicted molar refractivity (Wildman–Crippen MR) is 189 cm³/mol. The quantitative estimate of drug-likeness (QED) is 0.0953. The second kappa shape index (κ2) is 21.2. The molecule has 0 bridgehead atoms. The zero-order valence-corrected chi connectivity index (χ0v) is 28.7. The molecule has 3 aromatic carbocycles. The maximum absolute atomic E-state index is 3.57. The second-order valence-corrected chi connectivity index (χ2v) is 13.5. The van der Waals surface area contributed by atoms with Crippen LogP contribution in [-0.4, -0.2) is 0 Å². The minimum absolute atomic E-state index is 1.09. The van der Waals surface area contributed by atoms with Crippen LogP contribution in [0.15, 0.2) is 81.7 Å². The summed E-state index contributed by atoms with van der Waals surface area (Å²) in [5.74, 6) is 0. The van der Waals surface area contributed by atoms with Crippen LogP contribution >= 0.6 is 31.9 Å². The van der Waals surface area contributed by atoms with Crippen LogP contribution in [0.2, 0.25) is 0 Å². The van der Waals surface area contributed by atoms with Crippen molar-refractivity contribution in [1.29, 1.82) is 0 Å². The Morgan fingerprint density at radius 3 is 1.02 bits per heavy atom. The Labute approximate surface area is 268 Å². The molecule has 3 aromatic rings. The minimum Gasteiger partial charge on any atom is -0.311 e. The number of unbranched alkanes of at least 4 members (excludes halogenated alkanes) is 17. The summed E-state index contributed by atoms with van der Waals surface area (Å²) >= 11 is 7.15. The third-order valence-electron chi connectivity index (χ3n) is 8.18. The van der Waals surface area contributed by atoms with Crippen molar-refractivity contribution in [2.24, 2.45) is 0 Å². The summed E-state index contributed by atoms with van der Waals surface area (Å²) in [4.78, 5) is 2.32. The second-order valence-electron chi connectivity index (χ2n) is 11.7. The van der Waals surface area contributed by atoms with Crippen molar-refractivity contribution >= 4 is 48.9 Å². The van der Waals surface area contributed by atoms with Crippen molar-refractivity contribution in [1.82, 2.24) is 0 Å². The standard InChI is InChI=1S/C38H53Br2N/c1-2-3-4-5-6-7-8-9-10-11-12-13-14-15-16-17-18-19-20-33-21-27-36(28-22-33)41(37-29-23-34(39)24-30-37)38-31-25-35(40)26-32-38/h21-32H,2-20H2,1H3. The van der Waals surface area contributed by atoms with E-state index in [1.165, 1.54) is 133 Å². The molecule has 3 heteroatoms. The average molecular weight is 684 g/mol. The van der Waals surface area contributed by atoms with Crippen molar-refractivity contribution in [3.8, 4) is 0 Å². The molecule has 0 amide bonds. The smallest absolute Gasteiger partial charge is 0.0462 e. The van der Waals surface area contributed by atoms with Gasteiger partial charge in [0.25, 0.3) is 0 Å². The minimum atomic E-state index is 1.09. The van der Waals surface area contributed by atoms with Gasteiger partial charge in [0.1, 0.15) is 0 Å². The Hall–Kier alpha value is -1.58. The number of benzene rings is 3. The van der Waals surface area contributed by atoms with Gasteiger partial charge in [-0.2, -0.15) is 0 Å². The molecule has 1 nitrogen and oxygen atoms in total. The monoisotopic (exact) mass is 681 g/mol. The largest absolute Gasteiger partial charge is 0.311 e. The average Bonchev–Trinajstić information content (AvgIpc) is 2.99. The first kappa shape index (κ1) is 33.9. The maximum atomic E-state index is 3.57. The van der Waals surface area contributed by atoms with E-state index in [-0.39, 0.29) is 0 Å². The van der Waals surface area contributed by atoms with Crippen LogP contribution in [0.5, 0.6) is 0 Å². The highest BCUT2D eigenvalue weighted by Crippen LogP contribution is 2.35. The number of aryl methyl sites for hydroxylation is 1. The molecule has 0 saturated heterocycles. The number of halogens is 2. The first-order chi connectivity index (χ1) is 20.2. The number of rotatable bonds is 22. The molecule has 0 unspecified atom stereocenters. The van der Waals surface area contributed by atoms with E-state index in [2.05, 4.69) is 116 Å². The molecule has 0 fully saturated rings. The number of nitrogens with zero attached hydrogens (tertiary/aromatic N) is 1. The third kappa shape index (κ3) is 14.0. The van der Waals surface area contributed by atoms with E-state index in [0.717, 1.165) is 20.3 Å². The van der Waals surface area contributed by atoms with Gasteiger partial charge in [-0.05, 0) is 79.1 Å². The maximum Gasteiger partial charge on any atom is 0.0462 e. The van der Waals surface area contributed by atoms with Gasteiger partial charge in [0.2, 0.25) is 0 Å². The molecule has 0 spiro atoms. The van der Waals surface area contributed by atoms with Crippen LogP contribution in [0.4, 0.5) is 17.1 Å². The molecule has 0 atom stereocenters. The van der Waals surface area contributed by atoms with Gasteiger partial charge in [-0.15, -0.1) is 0 Å². The predicted octanol–water partition coefficient (Wildman–Crippen LogP) is 14.3. The lowest BCUT2D eigenvalue weighted by Crippen LogP contribution is -2.09. The summed E-state index contributed by atoms with van der Waals surface area (Å²) < 4.78 is 2.19.